The van der Waals surface area contributed by atoms with Crippen LogP contribution in [-0.4, -0.2) is 26.0 Å². The second-order valence-corrected chi connectivity index (χ2v) is 6.55. The summed E-state index contributed by atoms with van der Waals surface area (Å²) in [5, 5.41) is 17.1. The van der Waals surface area contributed by atoms with Crippen LogP contribution in [0.4, 0.5) is 5.69 Å². The zero-order valence-corrected chi connectivity index (χ0v) is 14.2. The number of anilines is 1. The van der Waals surface area contributed by atoms with Crippen LogP contribution in [0, 0.1) is 0 Å². The fourth-order valence-corrected chi connectivity index (χ4v) is 2.72. The van der Waals surface area contributed by atoms with Crippen molar-refractivity contribution in [2.75, 3.05) is 11.8 Å². The largest absolute Gasteiger partial charge is 0.478 e. The molecule has 1 atom stereocenters. The fourth-order valence-electron chi connectivity index (χ4n) is 2.02. The Morgan fingerprint density at radius 2 is 2.00 bits per heavy atom. The van der Waals surface area contributed by atoms with Gasteiger partial charge >= 0.3 is 5.97 Å². The Bertz CT molecular complexity index is 963. The topological polar surface area (TPSA) is 119 Å². The first kappa shape index (κ1) is 14.7. The number of nitrogens with two attached hydrogens (primary N) is 1. The Balaban J connectivity index is 2.61. The molecule has 0 radical (unpaired) electrons. The summed E-state index contributed by atoms with van der Waals surface area (Å²) >= 11 is 0. The van der Waals surface area contributed by atoms with Crippen molar-refractivity contribution in [3.8, 4) is 11.5 Å². The Morgan fingerprint density at radius 3 is 2.56 bits per heavy atom. The molecule has 4 N–H and O–H groups in total. The van der Waals surface area contributed by atoms with E-state index in [1.807, 2.05) is 0 Å². The highest BCUT2D eigenvalue weighted by Crippen LogP contribution is 2.37. The number of carbonyl (C=O) groups is 1. The summed E-state index contributed by atoms with van der Waals surface area (Å²) in [6.45, 7) is 0.0941. The summed E-state index contributed by atoms with van der Waals surface area (Å²) < 4.78 is 52.9. The average molecular weight is 367 g/mol. The van der Waals surface area contributed by atoms with Crippen LogP contribution in [0.2, 0.25) is 0 Å². The predicted octanol–water partition coefficient (Wildman–Crippen LogP) is 3.04. The number of sulfonamides is 1. The van der Waals surface area contributed by atoms with Crippen molar-refractivity contribution in [1.29, 1.82) is 0 Å². The van der Waals surface area contributed by atoms with Gasteiger partial charge in [-0.05, 0) is 30.7 Å². The molecule has 0 aliphatic heterocycles. The van der Waals surface area contributed by atoms with Gasteiger partial charge in [-0.15, -0.1) is 0 Å². The lowest BCUT2D eigenvalue weighted by Gasteiger charge is -2.17. The average Bonchev–Trinajstić information content (AvgIpc) is 2.54. The molecule has 0 amide bonds. The predicted molar refractivity (Wildman–Crippen MR) is 94.7 cm³/mol. The summed E-state index contributed by atoms with van der Waals surface area (Å²) in [6.07, 6.45) is -1.91. The van der Waals surface area contributed by atoms with E-state index in [2.05, 4.69) is 5.32 Å². The third-order valence-corrected chi connectivity index (χ3v) is 4.05. The Hall–Kier alpha value is -2.58. The zero-order chi connectivity index (χ0) is 21.1. The lowest BCUT2D eigenvalue weighted by atomic mass is 10.1. The normalized spacial score (nSPS) is 14.7. The van der Waals surface area contributed by atoms with Gasteiger partial charge in [-0.2, -0.15) is 0 Å². The van der Waals surface area contributed by atoms with E-state index < -0.39 is 33.8 Å². The number of primary sulfonamides is 1. The second kappa shape index (κ2) is 8.00. The highest BCUT2D eigenvalue weighted by Gasteiger charge is 2.23. The number of ether oxygens (including phenoxy) is 1. The molecule has 25 heavy (non-hydrogen) atoms. The smallest absolute Gasteiger partial charge is 0.335 e. The van der Waals surface area contributed by atoms with Crippen LogP contribution < -0.4 is 15.2 Å². The van der Waals surface area contributed by atoms with Crippen LogP contribution in [0.25, 0.3) is 0 Å². The number of carboxylic acid groups (broad SMARTS) is 1. The zero-order valence-electron chi connectivity index (χ0n) is 16.4. The molecular weight excluding hydrogens is 344 g/mol. The van der Waals surface area contributed by atoms with E-state index in [9.17, 15) is 18.3 Å². The number of nitrogens with one attached hydrogen (secondary N) is 1. The van der Waals surface area contributed by atoms with Gasteiger partial charge in [-0.3, -0.25) is 0 Å². The first-order valence-electron chi connectivity index (χ1n) is 8.80. The molecule has 7 nitrogen and oxygen atoms in total. The van der Waals surface area contributed by atoms with Gasteiger partial charge in [-0.1, -0.05) is 31.5 Å². The molecule has 0 saturated carbocycles. The lowest BCUT2D eigenvalue weighted by molar-refractivity contribution is 0.0696. The van der Waals surface area contributed by atoms with E-state index in [1.165, 1.54) is 6.92 Å². The number of carboxylic acids is 1. The molecule has 2 aromatic carbocycles. The number of aromatic carboxylic acids is 1. The molecule has 0 fully saturated rings. The van der Waals surface area contributed by atoms with Crippen molar-refractivity contribution in [2.45, 2.75) is 24.6 Å². The highest BCUT2D eigenvalue weighted by atomic mass is 32.2. The molecule has 2 rings (SSSR count). The number of rotatable bonds is 8. The van der Waals surface area contributed by atoms with Crippen LogP contribution in [0.15, 0.2) is 47.4 Å². The summed E-state index contributed by atoms with van der Waals surface area (Å²) in [5.74, 6) is -1.40. The van der Waals surface area contributed by atoms with E-state index in [1.54, 1.807) is 30.3 Å². The van der Waals surface area contributed by atoms with Gasteiger partial charge in [0.15, 0.2) is 5.75 Å². The van der Waals surface area contributed by atoms with Crippen LogP contribution in [0.3, 0.4) is 0 Å². The van der Waals surface area contributed by atoms with Crippen molar-refractivity contribution in [2.24, 2.45) is 5.14 Å². The summed E-state index contributed by atoms with van der Waals surface area (Å²) in [5.41, 5.74) is -0.476. The highest BCUT2D eigenvalue weighted by molar-refractivity contribution is 7.89. The van der Waals surface area contributed by atoms with Crippen LogP contribution in [-0.2, 0) is 10.0 Å². The number of para-hydroxylation sites is 1. The molecule has 0 saturated heterocycles. The quantitative estimate of drug-likeness (QED) is 0.660. The van der Waals surface area contributed by atoms with Gasteiger partial charge < -0.3 is 15.2 Å². The maximum atomic E-state index is 12.1. The Morgan fingerprint density at radius 1 is 1.32 bits per heavy atom. The molecule has 134 valence electrons. The van der Waals surface area contributed by atoms with Crippen molar-refractivity contribution < 1.29 is 27.2 Å². The monoisotopic (exact) mass is 367 g/mol. The third-order valence-electron chi connectivity index (χ3n) is 3.14. The molecule has 2 aromatic rings. The van der Waals surface area contributed by atoms with Crippen molar-refractivity contribution in [3.05, 3.63) is 48.0 Å². The molecule has 0 bridgehead atoms. The van der Waals surface area contributed by atoms with Crippen LogP contribution >= 0.6 is 0 Å². The minimum absolute atomic E-state index is 0.1000. The van der Waals surface area contributed by atoms with Gasteiger partial charge in [0.1, 0.15) is 10.6 Å². The number of hydrogen-bond donors (Lipinski definition) is 3. The van der Waals surface area contributed by atoms with E-state index in [0.717, 1.165) is 12.1 Å². The van der Waals surface area contributed by atoms with Crippen molar-refractivity contribution in [1.82, 2.24) is 0 Å². The first-order valence-corrected chi connectivity index (χ1v) is 8.77. The third kappa shape index (κ3) is 4.94. The lowest BCUT2D eigenvalue weighted by Crippen LogP contribution is -2.16. The van der Waals surface area contributed by atoms with Gasteiger partial charge in [-0.25, -0.2) is 18.4 Å². The Kier molecular flexibility index (Phi) is 4.71. The van der Waals surface area contributed by atoms with Gasteiger partial charge in [0, 0.05) is 10.6 Å². The first-order chi connectivity index (χ1) is 12.9. The summed E-state index contributed by atoms with van der Waals surface area (Å²) in [4.78, 5) is 10.8. The van der Waals surface area contributed by atoms with Crippen molar-refractivity contribution >= 4 is 21.7 Å². The number of benzene rings is 2. The maximum Gasteiger partial charge on any atom is 0.335 e. The molecule has 8 heteroatoms. The molecule has 0 spiro atoms. The van der Waals surface area contributed by atoms with E-state index in [0.29, 0.717) is 0 Å². The molecule has 0 aromatic heterocycles. The maximum absolute atomic E-state index is 12.1. The molecular formula is C17H20N2O5S. The molecule has 1 unspecified atom stereocenters. The van der Waals surface area contributed by atoms with E-state index in [4.69, 9.17) is 14.0 Å². The summed E-state index contributed by atoms with van der Waals surface area (Å²) in [7, 11) is -4.37. The summed E-state index contributed by atoms with van der Waals surface area (Å²) in [6, 6.07) is 10.1. The standard InChI is InChI=1S/C17H20N2O5S/c1-2-3-9-19-14-10-12(17(20)21)11-15(25(18,22)23)16(14)24-13-7-5-4-6-8-13/h4-8,10-11,19H,2-3,9H2,1H3,(H,20,21)(H2,18,22,23)/i2D2,9D. The Labute approximate surface area is 150 Å². The minimum Gasteiger partial charge on any atom is -0.478 e. The van der Waals surface area contributed by atoms with E-state index in [-0.39, 0.29) is 29.2 Å². The molecule has 0 aliphatic carbocycles. The van der Waals surface area contributed by atoms with Crippen LogP contribution in [0.5, 0.6) is 11.5 Å². The van der Waals surface area contributed by atoms with E-state index >= 15 is 0 Å². The van der Waals surface area contributed by atoms with Gasteiger partial charge in [0.25, 0.3) is 0 Å². The minimum atomic E-state index is -4.37. The van der Waals surface area contributed by atoms with Crippen molar-refractivity contribution in [3.63, 3.8) is 0 Å². The molecule has 0 heterocycles. The van der Waals surface area contributed by atoms with Crippen LogP contribution in [0.1, 0.15) is 34.2 Å². The van der Waals surface area contributed by atoms with Gasteiger partial charge in [0.05, 0.1) is 11.3 Å². The second-order valence-electron chi connectivity index (χ2n) is 5.02. The number of hydrogen-bond acceptors (Lipinski definition) is 5. The fraction of sp³-hybridized carbons (Fsp3) is 0.235. The SMILES string of the molecule is [2H]C(CC([2H])([2H])C)Nc1cc(C(=O)O)cc(S(N)(=O)=O)c1Oc1ccccc1. The van der Waals surface area contributed by atoms with Gasteiger partial charge in [0.2, 0.25) is 10.0 Å². The molecule has 0 aliphatic rings.